The first-order valence-electron chi connectivity index (χ1n) is 2.98. The third kappa shape index (κ3) is 2.27. The summed E-state index contributed by atoms with van der Waals surface area (Å²) in [6, 6.07) is 3.82. The molecule has 0 fully saturated rings. The molecule has 2 nitrogen and oxygen atoms in total. The van der Waals surface area contributed by atoms with Crippen molar-refractivity contribution in [1.29, 1.82) is 0 Å². The smallest absolute Gasteiger partial charge is 0.0895 e. The van der Waals surface area contributed by atoms with E-state index in [-0.39, 0.29) is 11.1 Å². The molecule has 0 radical (unpaired) electrons. The average molecular weight is 154 g/mol. The Balaban J connectivity index is 2.59. The molecule has 0 aromatic carbocycles. The fourth-order valence-electron chi connectivity index (χ4n) is 0.616. The van der Waals surface area contributed by atoms with E-state index < -0.39 is 0 Å². The van der Waals surface area contributed by atoms with Crippen LogP contribution in [0, 0.1) is 0 Å². The highest BCUT2D eigenvalue weighted by Gasteiger charge is 1.86. The zero-order chi connectivity index (χ0) is 7.40. The second kappa shape index (κ2) is 3.46. The van der Waals surface area contributed by atoms with Gasteiger partial charge in [-0.1, -0.05) is 28.9 Å². The van der Waals surface area contributed by atoms with Crippen LogP contribution in [-0.4, -0.2) is 17.5 Å². The molecule has 0 amide bonds. The Bertz CT molecular complexity index is 186. The summed E-state index contributed by atoms with van der Waals surface area (Å²) in [6.45, 7) is 0. The lowest BCUT2D eigenvalue weighted by Crippen LogP contribution is -1.88. The SMILES string of the molecule is C[S+](C)[N-]c1ccncc1. The summed E-state index contributed by atoms with van der Waals surface area (Å²) in [5, 5.41) is 0. The van der Waals surface area contributed by atoms with E-state index in [0.717, 1.165) is 5.69 Å². The Morgan fingerprint density at radius 1 is 1.30 bits per heavy atom. The zero-order valence-electron chi connectivity index (χ0n) is 6.11. The zero-order valence-corrected chi connectivity index (χ0v) is 6.93. The van der Waals surface area contributed by atoms with Crippen molar-refractivity contribution in [2.45, 2.75) is 0 Å². The number of pyridine rings is 1. The summed E-state index contributed by atoms with van der Waals surface area (Å²) >= 11 is 0.131. The van der Waals surface area contributed by atoms with Gasteiger partial charge in [-0.2, -0.15) is 0 Å². The fourth-order valence-corrected chi connectivity index (χ4v) is 1.16. The molecular formula is C7H10N2S. The second-order valence-electron chi connectivity index (χ2n) is 2.07. The first-order chi connectivity index (χ1) is 4.79. The molecule has 1 heterocycles. The van der Waals surface area contributed by atoms with E-state index in [1.807, 2.05) is 12.1 Å². The third-order valence-electron chi connectivity index (χ3n) is 0.951. The van der Waals surface area contributed by atoms with Crippen LogP contribution >= 0.6 is 0 Å². The predicted molar refractivity (Wildman–Crippen MR) is 46.5 cm³/mol. The molecule has 0 N–H and O–H groups in total. The highest BCUT2D eigenvalue weighted by molar-refractivity contribution is 7.98. The fraction of sp³-hybridized carbons (Fsp3) is 0.286. The van der Waals surface area contributed by atoms with Crippen molar-refractivity contribution in [3.05, 3.63) is 29.2 Å². The van der Waals surface area contributed by atoms with E-state index in [1.165, 1.54) is 0 Å². The molecule has 1 aromatic rings. The Kier molecular flexibility index (Phi) is 2.57. The van der Waals surface area contributed by atoms with Gasteiger partial charge in [-0.25, -0.2) is 0 Å². The average Bonchev–Trinajstić information content (AvgIpc) is 1.88. The van der Waals surface area contributed by atoms with Gasteiger partial charge in [0.05, 0.1) is 12.5 Å². The molecule has 0 bridgehead atoms. The minimum atomic E-state index is 0.131. The molecule has 0 saturated carbocycles. The van der Waals surface area contributed by atoms with Crippen LogP contribution in [0.25, 0.3) is 4.72 Å². The van der Waals surface area contributed by atoms with Crippen LogP contribution in [0.5, 0.6) is 0 Å². The molecule has 1 aromatic heterocycles. The monoisotopic (exact) mass is 154 g/mol. The molecule has 0 aliphatic heterocycles. The van der Waals surface area contributed by atoms with Gasteiger partial charge in [0.15, 0.2) is 0 Å². The molecule has 1 rings (SSSR count). The Hall–Kier alpha value is -0.700. The molecule has 3 heteroatoms. The van der Waals surface area contributed by atoms with Gasteiger partial charge < -0.3 is 4.72 Å². The lowest BCUT2D eigenvalue weighted by molar-refractivity contribution is 1.34. The number of nitrogens with zero attached hydrogens (tertiary/aromatic N) is 2. The van der Waals surface area contributed by atoms with Gasteiger partial charge in [0.2, 0.25) is 0 Å². The number of hydrogen-bond donors (Lipinski definition) is 0. The van der Waals surface area contributed by atoms with Crippen LogP contribution < -0.4 is 0 Å². The molecule has 0 saturated heterocycles. The Morgan fingerprint density at radius 2 is 1.90 bits per heavy atom. The maximum Gasteiger partial charge on any atom is 0.0895 e. The standard InChI is InChI=1S/C7H10N2S/c1-10(2)9-7-3-5-8-6-4-7/h3-6H,1-2H3. The van der Waals surface area contributed by atoms with Crippen LogP contribution in [0.2, 0.25) is 0 Å². The predicted octanol–water partition coefficient (Wildman–Crippen LogP) is 1.88. The van der Waals surface area contributed by atoms with Crippen molar-refractivity contribution in [3.8, 4) is 0 Å². The summed E-state index contributed by atoms with van der Waals surface area (Å²) in [6.07, 6.45) is 7.68. The van der Waals surface area contributed by atoms with E-state index in [4.69, 9.17) is 0 Å². The molecule has 10 heavy (non-hydrogen) atoms. The molecular weight excluding hydrogens is 144 g/mol. The maximum atomic E-state index is 4.35. The van der Waals surface area contributed by atoms with E-state index in [0.29, 0.717) is 0 Å². The summed E-state index contributed by atoms with van der Waals surface area (Å²) in [4.78, 5) is 3.90. The van der Waals surface area contributed by atoms with Crippen molar-refractivity contribution in [2.24, 2.45) is 0 Å². The van der Waals surface area contributed by atoms with Gasteiger partial charge in [0.1, 0.15) is 0 Å². The van der Waals surface area contributed by atoms with Crippen LogP contribution in [-0.2, 0) is 11.1 Å². The molecule has 54 valence electrons. The first-order valence-corrected chi connectivity index (χ1v) is 4.98. The van der Waals surface area contributed by atoms with Gasteiger partial charge in [-0.05, 0) is 0 Å². The molecule has 0 aliphatic carbocycles. The van der Waals surface area contributed by atoms with Crippen LogP contribution in [0.3, 0.4) is 0 Å². The number of aromatic nitrogens is 1. The van der Waals surface area contributed by atoms with Crippen LogP contribution in [0.4, 0.5) is 5.69 Å². The summed E-state index contributed by atoms with van der Waals surface area (Å²) in [5.74, 6) is 0. The Labute approximate surface area is 64.2 Å². The minimum Gasteiger partial charge on any atom is -0.463 e. The molecule has 0 unspecified atom stereocenters. The molecule has 0 aliphatic rings. The quantitative estimate of drug-likeness (QED) is 0.597. The number of hydrogen-bond acceptors (Lipinski definition) is 1. The largest absolute Gasteiger partial charge is 0.463 e. The lowest BCUT2D eigenvalue weighted by Gasteiger charge is -2.14. The van der Waals surface area contributed by atoms with E-state index in [1.54, 1.807) is 12.4 Å². The van der Waals surface area contributed by atoms with E-state index >= 15 is 0 Å². The second-order valence-corrected chi connectivity index (χ2v) is 3.80. The van der Waals surface area contributed by atoms with Crippen molar-refractivity contribution < 1.29 is 0 Å². The highest BCUT2D eigenvalue weighted by atomic mass is 32.2. The van der Waals surface area contributed by atoms with Crippen LogP contribution in [0.15, 0.2) is 24.5 Å². The van der Waals surface area contributed by atoms with Gasteiger partial charge in [0.25, 0.3) is 0 Å². The molecule has 0 atom stereocenters. The van der Waals surface area contributed by atoms with E-state index in [9.17, 15) is 0 Å². The summed E-state index contributed by atoms with van der Waals surface area (Å²) in [5.41, 5.74) is 1.02. The maximum absolute atomic E-state index is 4.35. The van der Waals surface area contributed by atoms with Crippen molar-refractivity contribution >= 4 is 16.8 Å². The first kappa shape index (κ1) is 7.41. The molecule has 0 spiro atoms. The summed E-state index contributed by atoms with van der Waals surface area (Å²) < 4.78 is 4.35. The summed E-state index contributed by atoms with van der Waals surface area (Å²) in [7, 11) is 0. The van der Waals surface area contributed by atoms with Gasteiger partial charge in [0, 0.05) is 12.4 Å². The Morgan fingerprint density at radius 3 is 2.40 bits per heavy atom. The third-order valence-corrected chi connectivity index (χ3v) is 1.53. The number of rotatable bonds is 2. The van der Waals surface area contributed by atoms with Gasteiger partial charge >= 0.3 is 0 Å². The highest BCUT2D eigenvalue weighted by Crippen LogP contribution is 2.18. The van der Waals surface area contributed by atoms with Gasteiger partial charge in [-0.3, -0.25) is 4.98 Å². The van der Waals surface area contributed by atoms with Crippen LogP contribution in [0.1, 0.15) is 0 Å². The van der Waals surface area contributed by atoms with E-state index in [2.05, 4.69) is 22.2 Å². The van der Waals surface area contributed by atoms with Crippen molar-refractivity contribution in [2.75, 3.05) is 12.5 Å². The van der Waals surface area contributed by atoms with Gasteiger partial charge in [-0.15, -0.1) is 0 Å². The normalized spacial score (nSPS) is 9.90. The van der Waals surface area contributed by atoms with Crippen molar-refractivity contribution in [3.63, 3.8) is 0 Å². The minimum absolute atomic E-state index is 0.131. The topological polar surface area (TPSA) is 27.0 Å². The lowest BCUT2D eigenvalue weighted by atomic mass is 10.4. The van der Waals surface area contributed by atoms with Crippen molar-refractivity contribution in [1.82, 2.24) is 4.98 Å².